The van der Waals surface area contributed by atoms with E-state index < -0.39 is 0 Å². The molecule has 2 aromatic carbocycles. The predicted octanol–water partition coefficient (Wildman–Crippen LogP) is 5.61. The third-order valence-electron chi connectivity index (χ3n) is 6.45. The number of ether oxygens (including phenoxy) is 1. The van der Waals surface area contributed by atoms with Crippen LogP contribution in [-0.4, -0.2) is 10.8 Å². The molecule has 3 heteroatoms. The lowest BCUT2D eigenvalue weighted by Crippen LogP contribution is -2.06. The molecule has 4 rings (SSSR count). The van der Waals surface area contributed by atoms with Gasteiger partial charge in [0.2, 0.25) is 0 Å². The van der Waals surface area contributed by atoms with Crippen LogP contribution in [0.2, 0.25) is 0 Å². The molecule has 1 heterocycles. The number of carbonyl (C=O) groups excluding carboxylic acids is 1. The second-order valence-electron chi connectivity index (χ2n) is 8.42. The molecule has 0 aliphatic heterocycles. The highest BCUT2D eigenvalue weighted by Crippen LogP contribution is 2.69. The third kappa shape index (κ3) is 2.54. The standard InChI is InChI=1S/C23H25NO2/c1-22(2)21(23(22,3)4)20(25)18-13-24-19-12-16(10-11-17(18)19)26-14-15-8-6-5-7-9-15/h5-13,21,24H,14H2,1-4H3. The lowest BCUT2D eigenvalue weighted by Gasteiger charge is -2.07. The van der Waals surface area contributed by atoms with Crippen LogP contribution in [0.1, 0.15) is 43.6 Å². The lowest BCUT2D eigenvalue weighted by molar-refractivity contribution is 0.0947. The monoisotopic (exact) mass is 347 g/mol. The first kappa shape index (κ1) is 16.9. The number of benzene rings is 2. The van der Waals surface area contributed by atoms with Gasteiger partial charge in [0.1, 0.15) is 12.4 Å². The Bertz CT molecular complexity index is 952. The van der Waals surface area contributed by atoms with Gasteiger partial charge < -0.3 is 9.72 Å². The molecule has 1 fully saturated rings. The molecule has 1 saturated carbocycles. The largest absolute Gasteiger partial charge is 0.489 e. The van der Waals surface area contributed by atoms with E-state index >= 15 is 0 Å². The second kappa shape index (κ2) is 5.73. The van der Waals surface area contributed by atoms with E-state index in [9.17, 15) is 4.79 Å². The number of ketones is 1. The van der Waals surface area contributed by atoms with Crippen LogP contribution in [0, 0.1) is 16.7 Å². The quantitative estimate of drug-likeness (QED) is 0.609. The van der Waals surface area contributed by atoms with E-state index in [2.05, 4.69) is 32.7 Å². The van der Waals surface area contributed by atoms with Crippen molar-refractivity contribution >= 4 is 16.7 Å². The lowest BCUT2D eigenvalue weighted by atomic mass is 10.0. The molecule has 1 N–H and O–H groups in total. The van der Waals surface area contributed by atoms with Gasteiger partial charge in [0.25, 0.3) is 0 Å². The molecule has 134 valence electrons. The topological polar surface area (TPSA) is 42.1 Å². The number of Topliss-reactive ketones (excluding diaryl/α,β-unsaturated/α-hetero) is 1. The van der Waals surface area contributed by atoms with Gasteiger partial charge in [-0.1, -0.05) is 58.0 Å². The molecule has 26 heavy (non-hydrogen) atoms. The van der Waals surface area contributed by atoms with Gasteiger partial charge in [-0.15, -0.1) is 0 Å². The maximum absolute atomic E-state index is 13.1. The van der Waals surface area contributed by atoms with E-state index in [1.54, 1.807) is 0 Å². The second-order valence-corrected chi connectivity index (χ2v) is 8.42. The number of hydrogen-bond donors (Lipinski definition) is 1. The van der Waals surface area contributed by atoms with E-state index in [4.69, 9.17) is 4.74 Å². The van der Waals surface area contributed by atoms with Crippen molar-refractivity contribution in [2.24, 2.45) is 16.7 Å². The van der Waals surface area contributed by atoms with Crippen LogP contribution in [0.25, 0.3) is 10.9 Å². The average Bonchev–Trinajstić information content (AvgIpc) is 2.91. The van der Waals surface area contributed by atoms with Gasteiger partial charge in [0.15, 0.2) is 5.78 Å². The molecule has 0 amide bonds. The molecule has 0 radical (unpaired) electrons. The number of fused-ring (bicyclic) bond motifs is 1. The van der Waals surface area contributed by atoms with Gasteiger partial charge in [-0.3, -0.25) is 4.79 Å². The Morgan fingerprint density at radius 3 is 2.38 bits per heavy atom. The fourth-order valence-corrected chi connectivity index (χ4v) is 4.15. The Morgan fingerprint density at radius 2 is 1.73 bits per heavy atom. The fraction of sp³-hybridized carbons (Fsp3) is 0.348. The number of carbonyl (C=O) groups is 1. The normalized spacial score (nSPS) is 18.0. The van der Waals surface area contributed by atoms with Crippen molar-refractivity contribution in [2.45, 2.75) is 34.3 Å². The summed E-state index contributed by atoms with van der Waals surface area (Å²) in [6.07, 6.45) is 1.85. The first-order valence-corrected chi connectivity index (χ1v) is 9.14. The summed E-state index contributed by atoms with van der Waals surface area (Å²) < 4.78 is 5.89. The van der Waals surface area contributed by atoms with Crippen LogP contribution in [0.15, 0.2) is 54.7 Å². The van der Waals surface area contributed by atoms with Crippen molar-refractivity contribution in [1.29, 1.82) is 0 Å². The first-order chi connectivity index (χ1) is 12.3. The Hall–Kier alpha value is -2.55. The zero-order valence-corrected chi connectivity index (χ0v) is 15.8. The summed E-state index contributed by atoms with van der Waals surface area (Å²) in [5.41, 5.74) is 2.96. The Kier molecular flexibility index (Phi) is 3.72. The molecule has 1 aliphatic rings. The van der Waals surface area contributed by atoms with Gasteiger partial charge >= 0.3 is 0 Å². The zero-order chi connectivity index (χ0) is 18.5. The van der Waals surface area contributed by atoms with Crippen molar-refractivity contribution < 1.29 is 9.53 Å². The molecular weight excluding hydrogens is 322 g/mol. The Labute approximate surface area is 154 Å². The van der Waals surface area contributed by atoms with Crippen molar-refractivity contribution in [3.8, 4) is 5.75 Å². The van der Waals surface area contributed by atoms with Crippen LogP contribution in [0.5, 0.6) is 5.75 Å². The van der Waals surface area contributed by atoms with Crippen LogP contribution < -0.4 is 4.74 Å². The van der Waals surface area contributed by atoms with Crippen LogP contribution in [-0.2, 0) is 6.61 Å². The summed E-state index contributed by atoms with van der Waals surface area (Å²) in [7, 11) is 0. The van der Waals surface area contributed by atoms with E-state index in [-0.39, 0.29) is 22.5 Å². The summed E-state index contributed by atoms with van der Waals surface area (Å²) in [5, 5.41) is 0.973. The van der Waals surface area contributed by atoms with Crippen molar-refractivity contribution in [2.75, 3.05) is 0 Å². The summed E-state index contributed by atoms with van der Waals surface area (Å²) >= 11 is 0. The molecular formula is C23H25NO2. The molecule has 3 aromatic rings. The number of aromatic nitrogens is 1. The minimum Gasteiger partial charge on any atom is -0.489 e. The zero-order valence-electron chi connectivity index (χ0n) is 15.8. The van der Waals surface area contributed by atoms with Gasteiger partial charge in [0.05, 0.1) is 0 Å². The SMILES string of the molecule is CC1(C)C(C(=O)c2c[nH]c3cc(OCc4ccccc4)ccc23)C1(C)C. The molecule has 0 bridgehead atoms. The number of aromatic amines is 1. The first-order valence-electron chi connectivity index (χ1n) is 9.14. The molecule has 0 unspecified atom stereocenters. The van der Waals surface area contributed by atoms with Gasteiger partial charge in [0, 0.05) is 34.6 Å². The highest BCUT2D eigenvalue weighted by Gasteiger charge is 2.68. The van der Waals surface area contributed by atoms with Crippen molar-refractivity contribution in [3.05, 3.63) is 65.9 Å². The maximum Gasteiger partial charge on any atom is 0.169 e. The summed E-state index contributed by atoms with van der Waals surface area (Å²) in [4.78, 5) is 16.3. The molecule has 0 spiro atoms. The Morgan fingerprint density at radius 1 is 1.04 bits per heavy atom. The highest BCUT2D eigenvalue weighted by molar-refractivity contribution is 6.11. The smallest absolute Gasteiger partial charge is 0.169 e. The summed E-state index contributed by atoms with van der Waals surface area (Å²) in [6, 6.07) is 16.0. The molecule has 3 nitrogen and oxygen atoms in total. The average molecular weight is 347 g/mol. The highest BCUT2D eigenvalue weighted by atomic mass is 16.5. The fourth-order valence-electron chi connectivity index (χ4n) is 4.15. The summed E-state index contributed by atoms with van der Waals surface area (Å²) in [6.45, 7) is 9.25. The Balaban J connectivity index is 1.56. The van der Waals surface area contributed by atoms with Crippen LogP contribution >= 0.6 is 0 Å². The van der Waals surface area contributed by atoms with Crippen molar-refractivity contribution in [1.82, 2.24) is 4.98 Å². The predicted molar refractivity (Wildman–Crippen MR) is 104 cm³/mol. The van der Waals surface area contributed by atoms with Gasteiger partial charge in [-0.2, -0.15) is 0 Å². The number of nitrogens with one attached hydrogen (secondary N) is 1. The molecule has 0 atom stereocenters. The number of H-pyrrole nitrogens is 1. The van der Waals surface area contributed by atoms with Crippen LogP contribution in [0.3, 0.4) is 0 Å². The summed E-state index contributed by atoms with van der Waals surface area (Å²) in [5.74, 6) is 1.11. The van der Waals surface area contributed by atoms with Gasteiger partial charge in [-0.25, -0.2) is 0 Å². The van der Waals surface area contributed by atoms with Crippen LogP contribution in [0.4, 0.5) is 0 Å². The van der Waals surface area contributed by atoms with Gasteiger partial charge in [-0.05, 0) is 28.5 Å². The maximum atomic E-state index is 13.1. The molecule has 1 aromatic heterocycles. The van der Waals surface area contributed by atoms with Crippen molar-refractivity contribution in [3.63, 3.8) is 0 Å². The minimum atomic E-state index is 0.0480. The molecule has 1 aliphatic carbocycles. The number of hydrogen-bond acceptors (Lipinski definition) is 2. The van der Waals surface area contributed by atoms with E-state index in [1.165, 1.54) is 0 Å². The van der Waals surface area contributed by atoms with E-state index in [0.29, 0.717) is 6.61 Å². The minimum absolute atomic E-state index is 0.0480. The van der Waals surface area contributed by atoms with E-state index in [0.717, 1.165) is 27.8 Å². The number of rotatable bonds is 5. The molecule has 0 saturated heterocycles. The van der Waals surface area contributed by atoms with E-state index in [1.807, 2.05) is 54.7 Å². The third-order valence-corrected chi connectivity index (χ3v) is 6.45.